The predicted molar refractivity (Wildman–Crippen MR) is 87.6 cm³/mol. The van der Waals surface area contributed by atoms with Crippen LogP contribution in [-0.4, -0.2) is 33.9 Å². The molecule has 0 amide bonds. The van der Waals surface area contributed by atoms with E-state index in [0.717, 1.165) is 16.3 Å². The van der Waals surface area contributed by atoms with Gasteiger partial charge in [-0.15, -0.1) is 0 Å². The minimum Gasteiger partial charge on any atom is -0.399 e. The molecule has 1 heterocycles. The number of Topliss-reactive ketones (excluding diaryl/α,β-unsaturated/α-hetero) is 1. The third kappa shape index (κ3) is 3.16. The first-order chi connectivity index (χ1) is 9.87. The van der Waals surface area contributed by atoms with Crippen LogP contribution in [0.25, 0.3) is 0 Å². The standard InChI is InChI=1S/C15H21N3O2S/c1-10-14(11(2)20)21-15(3,18(10)8-9-19)17-13-6-4-12(16)5-7-13/h4-7,17,19H,8-9,16H2,1-3H3. The fourth-order valence-corrected chi connectivity index (χ4v) is 3.81. The van der Waals surface area contributed by atoms with E-state index in [0.29, 0.717) is 12.2 Å². The van der Waals surface area contributed by atoms with Crippen LogP contribution in [-0.2, 0) is 4.79 Å². The number of carbonyl (C=O) groups is 1. The van der Waals surface area contributed by atoms with Gasteiger partial charge >= 0.3 is 0 Å². The molecule has 1 aliphatic rings. The molecule has 1 atom stereocenters. The summed E-state index contributed by atoms with van der Waals surface area (Å²) in [7, 11) is 0. The average molecular weight is 307 g/mol. The number of thioether (sulfide) groups is 1. The highest BCUT2D eigenvalue weighted by atomic mass is 32.2. The first-order valence-corrected chi connectivity index (χ1v) is 7.62. The molecular formula is C15H21N3O2S. The van der Waals surface area contributed by atoms with Gasteiger partial charge in [0.1, 0.15) is 0 Å². The minimum absolute atomic E-state index is 0.0299. The van der Waals surface area contributed by atoms with E-state index in [-0.39, 0.29) is 12.4 Å². The number of carbonyl (C=O) groups excluding carboxylic acids is 1. The Morgan fingerprint density at radius 3 is 2.57 bits per heavy atom. The molecule has 1 aliphatic heterocycles. The van der Waals surface area contributed by atoms with E-state index in [1.165, 1.54) is 11.8 Å². The van der Waals surface area contributed by atoms with Gasteiger partial charge in [-0.2, -0.15) is 0 Å². The number of allylic oxidation sites excluding steroid dienone is 2. The van der Waals surface area contributed by atoms with Gasteiger partial charge in [0.2, 0.25) is 0 Å². The topological polar surface area (TPSA) is 78.6 Å². The summed E-state index contributed by atoms with van der Waals surface area (Å²) in [4.78, 5) is 14.0. The fourth-order valence-electron chi connectivity index (χ4n) is 2.51. The summed E-state index contributed by atoms with van der Waals surface area (Å²) >= 11 is 1.48. The molecule has 0 saturated carbocycles. The summed E-state index contributed by atoms with van der Waals surface area (Å²) in [5.41, 5.74) is 8.21. The molecule has 1 aromatic carbocycles. The number of ketones is 1. The number of nitrogen functional groups attached to an aromatic ring is 1. The molecule has 0 fully saturated rings. The molecule has 0 bridgehead atoms. The molecule has 21 heavy (non-hydrogen) atoms. The van der Waals surface area contributed by atoms with Crippen molar-refractivity contribution in [2.45, 2.75) is 25.8 Å². The number of rotatable bonds is 5. The van der Waals surface area contributed by atoms with E-state index in [4.69, 9.17) is 5.73 Å². The largest absolute Gasteiger partial charge is 0.399 e. The number of nitrogens with two attached hydrogens (primary N) is 1. The summed E-state index contributed by atoms with van der Waals surface area (Å²) in [5.74, 6) is 0.0447. The summed E-state index contributed by atoms with van der Waals surface area (Å²) in [6.45, 7) is 5.98. The SMILES string of the molecule is CC(=O)C1=C(C)N(CCO)C(C)(Nc2ccc(N)cc2)S1. The number of nitrogens with zero attached hydrogens (tertiary/aromatic N) is 1. The summed E-state index contributed by atoms with van der Waals surface area (Å²) < 4.78 is 0. The zero-order valence-electron chi connectivity index (χ0n) is 12.5. The zero-order valence-corrected chi connectivity index (χ0v) is 13.3. The maximum Gasteiger partial charge on any atom is 0.168 e. The number of β-amino-alcohol motifs (C(OH)–C–C–N with tert-alkyl or cyclic N) is 1. The second-order valence-electron chi connectivity index (χ2n) is 5.18. The third-order valence-electron chi connectivity index (χ3n) is 3.48. The monoisotopic (exact) mass is 307 g/mol. The lowest BCUT2D eigenvalue weighted by Crippen LogP contribution is -2.46. The fraction of sp³-hybridized carbons (Fsp3) is 0.400. The highest BCUT2D eigenvalue weighted by Gasteiger charge is 2.42. The smallest absolute Gasteiger partial charge is 0.168 e. The van der Waals surface area contributed by atoms with E-state index < -0.39 is 4.99 Å². The number of anilines is 2. The minimum atomic E-state index is -0.510. The van der Waals surface area contributed by atoms with Crippen LogP contribution in [0.15, 0.2) is 34.9 Å². The van der Waals surface area contributed by atoms with Gasteiger partial charge in [-0.3, -0.25) is 4.79 Å². The Morgan fingerprint density at radius 1 is 1.43 bits per heavy atom. The molecule has 114 valence electrons. The van der Waals surface area contributed by atoms with Gasteiger partial charge in [-0.1, -0.05) is 11.8 Å². The van der Waals surface area contributed by atoms with Crippen molar-refractivity contribution in [3.05, 3.63) is 34.9 Å². The van der Waals surface area contributed by atoms with Gasteiger partial charge in [0.25, 0.3) is 0 Å². The van der Waals surface area contributed by atoms with Crippen LogP contribution in [0.2, 0.25) is 0 Å². The second-order valence-corrected chi connectivity index (χ2v) is 6.59. The third-order valence-corrected chi connectivity index (χ3v) is 4.99. The Kier molecular flexibility index (Phi) is 4.49. The van der Waals surface area contributed by atoms with E-state index in [1.807, 2.05) is 43.0 Å². The first kappa shape index (κ1) is 15.7. The van der Waals surface area contributed by atoms with E-state index in [2.05, 4.69) is 5.32 Å². The molecule has 0 aromatic heterocycles. The average Bonchev–Trinajstić information content (AvgIpc) is 2.67. The number of aliphatic hydroxyl groups is 1. The summed E-state index contributed by atoms with van der Waals surface area (Å²) in [5, 5.41) is 12.7. The van der Waals surface area contributed by atoms with E-state index >= 15 is 0 Å². The van der Waals surface area contributed by atoms with Crippen molar-refractivity contribution in [3.63, 3.8) is 0 Å². The number of nitrogens with one attached hydrogen (secondary N) is 1. The molecule has 5 nitrogen and oxygen atoms in total. The highest BCUT2D eigenvalue weighted by Crippen LogP contribution is 2.46. The van der Waals surface area contributed by atoms with Crippen molar-refractivity contribution in [3.8, 4) is 0 Å². The molecule has 1 aromatic rings. The van der Waals surface area contributed by atoms with Crippen LogP contribution < -0.4 is 11.1 Å². The van der Waals surface area contributed by atoms with Crippen molar-refractivity contribution in [1.29, 1.82) is 0 Å². The van der Waals surface area contributed by atoms with Gasteiger partial charge in [-0.25, -0.2) is 0 Å². The van der Waals surface area contributed by atoms with Crippen molar-refractivity contribution in [1.82, 2.24) is 4.90 Å². The van der Waals surface area contributed by atoms with Crippen LogP contribution >= 0.6 is 11.8 Å². The summed E-state index contributed by atoms with van der Waals surface area (Å²) in [6.07, 6.45) is 0. The number of hydrogen-bond donors (Lipinski definition) is 3. The maximum atomic E-state index is 11.8. The molecule has 6 heteroatoms. The Labute approximate surface area is 129 Å². The molecule has 0 spiro atoms. The Hall–Kier alpha value is -1.66. The van der Waals surface area contributed by atoms with Gasteiger partial charge in [0.05, 0.1) is 11.5 Å². The zero-order chi connectivity index (χ0) is 15.6. The van der Waals surface area contributed by atoms with E-state index in [9.17, 15) is 9.90 Å². The van der Waals surface area contributed by atoms with Crippen LogP contribution in [0.5, 0.6) is 0 Å². The molecule has 0 aliphatic carbocycles. The first-order valence-electron chi connectivity index (χ1n) is 6.80. The van der Waals surface area contributed by atoms with Gasteiger partial charge in [-0.05, 0) is 45.0 Å². The lowest BCUT2D eigenvalue weighted by atomic mass is 10.2. The Bertz CT molecular complexity index is 571. The number of hydrogen-bond acceptors (Lipinski definition) is 6. The van der Waals surface area contributed by atoms with Crippen LogP contribution in [0.4, 0.5) is 11.4 Å². The Balaban J connectivity index is 2.28. The van der Waals surface area contributed by atoms with Crippen molar-refractivity contribution < 1.29 is 9.90 Å². The maximum absolute atomic E-state index is 11.8. The normalized spacial score (nSPS) is 21.8. The lowest BCUT2D eigenvalue weighted by molar-refractivity contribution is -0.113. The van der Waals surface area contributed by atoms with Gasteiger partial charge in [0, 0.05) is 23.6 Å². The van der Waals surface area contributed by atoms with Crippen LogP contribution in [0.1, 0.15) is 20.8 Å². The molecule has 1 unspecified atom stereocenters. The lowest BCUT2D eigenvalue weighted by Gasteiger charge is -2.38. The number of aliphatic hydroxyl groups excluding tert-OH is 1. The predicted octanol–water partition coefficient (Wildman–Crippen LogP) is 2.22. The van der Waals surface area contributed by atoms with Crippen LogP contribution in [0.3, 0.4) is 0 Å². The molecule has 4 N–H and O–H groups in total. The quantitative estimate of drug-likeness (QED) is 0.724. The molecule has 0 radical (unpaired) electrons. The van der Waals surface area contributed by atoms with Gasteiger partial charge < -0.3 is 21.1 Å². The highest BCUT2D eigenvalue weighted by molar-refractivity contribution is 8.05. The van der Waals surface area contributed by atoms with Crippen molar-refractivity contribution in [2.24, 2.45) is 0 Å². The Morgan fingerprint density at radius 2 is 2.05 bits per heavy atom. The molecule has 2 rings (SSSR count). The number of benzene rings is 1. The summed E-state index contributed by atoms with van der Waals surface area (Å²) in [6, 6.07) is 7.46. The van der Waals surface area contributed by atoms with Crippen molar-refractivity contribution in [2.75, 3.05) is 24.2 Å². The van der Waals surface area contributed by atoms with Gasteiger partial charge in [0.15, 0.2) is 10.8 Å². The van der Waals surface area contributed by atoms with E-state index in [1.54, 1.807) is 6.92 Å². The van der Waals surface area contributed by atoms with Crippen molar-refractivity contribution >= 4 is 28.9 Å². The molecular weight excluding hydrogens is 286 g/mol. The molecule has 0 saturated heterocycles. The second kappa shape index (κ2) is 5.99. The van der Waals surface area contributed by atoms with Crippen LogP contribution in [0, 0.1) is 0 Å².